The Morgan fingerprint density at radius 2 is 1.80 bits per heavy atom. The van der Waals surface area contributed by atoms with Crippen LogP contribution in [0.15, 0.2) is 64.8 Å². The quantitative estimate of drug-likeness (QED) is 0.108. The van der Waals surface area contributed by atoms with Crippen molar-refractivity contribution >= 4 is 22.3 Å². The predicted octanol–water partition coefficient (Wildman–Crippen LogP) is 4.29. The number of sulfonamides is 1. The van der Waals surface area contributed by atoms with E-state index in [1.807, 2.05) is 6.92 Å². The molecule has 1 aromatic heterocycles. The highest BCUT2D eigenvalue weighted by atomic mass is 32.2. The monoisotopic (exact) mass is 656 g/mol. The van der Waals surface area contributed by atoms with E-state index in [4.69, 9.17) is 9.57 Å². The Bertz CT molecular complexity index is 1660. The summed E-state index contributed by atoms with van der Waals surface area (Å²) in [6.07, 6.45) is -9.16. The SMILES string of the molecule is CCOC(=O)OC(C)O/N=[N+](\[O-])N1CC(OC(=O)NS(=O)(=O)c2ccc(-n3nc(C(F)(F)F)cc3-c3ccc(C)cc3)cc2)C1. The van der Waals surface area contributed by atoms with Crippen LogP contribution in [0.25, 0.3) is 16.9 Å². The third kappa shape index (κ3) is 8.31. The molecule has 2 heterocycles. The van der Waals surface area contributed by atoms with Crippen LogP contribution in [0.5, 0.6) is 0 Å². The number of amides is 1. The van der Waals surface area contributed by atoms with Crippen LogP contribution in [0, 0.1) is 12.1 Å². The van der Waals surface area contributed by atoms with Gasteiger partial charge in [0.1, 0.15) is 19.2 Å². The van der Waals surface area contributed by atoms with Crippen LogP contribution < -0.4 is 4.72 Å². The molecule has 45 heavy (non-hydrogen) atoms. The number of halogens is 3. The molecule has 1 amide bonds. The van der Waals surface area contributed by atoms with Crippen molar-refractivity contribution in [1.82, 2.24) is 19.5 Å². The molecular weight excluding hydrogens is 629 g/mol. The number of aromatic nitrogens is 2. The number of alkyl halides is 3. The van der Waals surface area contributed by atoms with Gasteiger partial charge in [0, 0.05) is 12.5 Å². The lowest BCUT2D eigenvalue weighted by Crippen LogP contribution is -2.56. The van der Waals surface area contributed by atoms with Crippen molar-refractivity contribution in [3.05, 3.63) is 71.1 Å². The van der Waals surface area contributed by atoms with Crippen LogP contribution in [0.3, 0.4) is 0 Å². The van der Waals surface area contributed by atoms with Crippen LogP contribution in [-0.2, 0) is 35.2 Å². The average Bonchev–Trinajstić information content (AvgIpc) is 3.40. The van der Waals surface area contributed by atoms with Crippen molar-refractivity contribution in [3.8, 4) is 16.9 Å². The normalized spacial score (nSPS) is 14.7. The number of carbonyl (C=O) groups is 2. The Morgan fingerprint density at radius 3 is 2.40 bits per heavy atom. The minimum Gasteiger partial charge on any atom is -0.569 e. The van der Waals surface area contributed by atoms with Gasteiger partial charge in [0.05, 0.1) is 27.9 Å². The van der Waals surface area contributed by atoms with Gasteiger partial charge in [-0.1, -0.05) is 29.8 Å². The first-order chi connectivity index (χ1) is 21.2. The van der Waals surface area contributed by atoms with Crippen molar-refractivity contribution in [3.63, 3.8) is 0 Å². The van der Waals surface area contributed by atoms with E-state index < -0.39 is 46.5 Å². The number of benzene rings is 2. The van der Waals surface area contributed by atoms with Gasteiger partial charge >= 0.3 is 18.4 Å². The van der Waals surface area contributed by atoms with Gasteiger partial charge in [-0.2, -0.15) is 18.3 Å². The molecule has 0 saturated carbocycles. The highest BCUT2D eigenvalue weighted by Gasteiger charge is 2.38. The van der Waals surface area contributed by atoms with E-state index in [0.29, 0.717) is 5.56 Å². The van der Waals surface area contributed by atoms with E-state index in [2.05, 4.69) is 19.8 Å². The molecule has 1 aliphatic rings. The maximum absolute atomic E-state index is 13.5. The fourth-order valence-corrected chi connectivity index (χ4v) is 4.73. The second-order valence-electron chi connectivity index (χ2n) is 9.50. The molecule has 0 aliphatic carbocycles. The van der Waals surface area contributed by atoms with Crippen molar-refractivity contribution < 1.29 is 55.2 Å². The zero-order valence-corrected chi connectivity index (χ0v) is 24.7. The Morgan fingerprint density at radius 1 is 1.16 bits per heavy atom. The minimum absolute atomic E-state index is 0.0303. The van der Waals surface area contributed by atoms with Crippen LogP contribution >= 0.6 is 0 Å². The third-order valence-electron chi connectivity index (χ3n) is 6.09. The number of rotatable bonds is 10. The number of aryl methyl sites for hydroxylation is 1. The van der Waals surface area contributed by atoms with Gasteiger partial charge in [0.25, 0.3) is 16.3 Å². The maximum atomic E-state index is 13.5. The van der Waals surface area contributed by atoms with Crippen LogP contribution in [0.4, 0.5) is 22.8 Å². The van der Waals surface area contributed by atoms with Gasteiger partial charge in [0.2, 0.25) is 5.28 Å². The topological polar surface area (TPSA) is 177 Å². The lowest BCUT2D eigenvalue weighted by Gasteiger charge is -2.33. The summed E-state index contributed by atoms with van der Waals surface area (Å²) in [7, 11) is -4.45. The summed E-state index contributed by atoms with van der Waals surface area (Å²) < 4.78 is 82.9. The third-order valence-corrected chi connectivity index (χ3v) is 7.42. The Labute approximate surface area is 254 Å². The summed E-state index contributed by atoms with van der Waals surface area (Å²) in [6, 6.07) is 12.3. The molecular formula is C26H27F3N6O9S. The zero-order chi connectivity index (χ0) is 32.9. The molecule has 4 rings (SSSR count). The summed E-state index contributed by atoms with van der Waals surface area (Å²) in [5, 5.41) is 19.9. The standard InChI is InChI=1S/C26H27F3N6O9S/c1-4-41-25(37)42-17(3)44-32-35(38)33-14-20(15-33)43-24(36)31-45(39,40)21-11-9-19(10-12-21)34-22(13-23(30-34)26(27,28)29)18-7-5-16(2)6-8-18/h5-13,17,20H,4,14-15H2,1-3H3,(H,31,36)/b35-32-. The molecule has 242 valence electrons. The first-order valence-corrected chi connectivity index (χ1v) is 14.6. The number of ether oxygens (including phenoxy) is 3. The maximum Gasteiger partial charge on any atom is 0.511 e. The summed E-state index contributed by atoms with van der Waals surface area (Å²) in [6.45, 7) is 4.45. The number of carbonyl (C=O) groups excluding carboxylic acids is 2. The largest absolute Gasteiger partial charge is 0.569 e. The predicted molar refractivity (Wildman–Crippen MR) is 146 cm³/mol. The first kappa shape index (κ1) is 32.8. The van der Waals surface area contributed by atoms with Crippen LogP contribution in [0.2, 0.25) is 0 Å². The van der Waals surface area contributed by atoms with Crippen molar-refractivity contribution in [2.24, 2.45) is 5.28 Å². The average molecular weight is 657 g/mol. The zero-order valence-electron chi connectivity index (χ0n) is 23.9. The lowest BCUT2D eigenvalue weighted by atomic mass is 10.1. The van der Waals surface area contributed by atoms with E-state index in [1.165, 1.54) is 19.1 Å². The molecule has 1 fully saturated rings. The molecule has 2 aromatic carbocycles. The van der Waals surface area contributed by atoms with Crippen LogP contribution in [-0.4, -0.2) is 72.5 Å². The van der Waals surface area contributed by atoms with E-state index >= 15 is 0 Å². The molecule has 0 spiro atoms. The van der Waals surface area contributed by atoms with Crippen molar-refractivity contribution in [2.75, 3.05) is 19.7 Å². The highest BCUT2D eigenvalue weighted by molar-refractivity contribution is 7.90. The van der Waals surface area contributed by atoms with Crippen molar-refractivity contribution in [1.29, 1.82) is 0 Å². The Balaban J connectivity index is 1.35. The molecule has 0 bridgehead atoms. The number of nitrogens with zero attached hydrogens (tertiary/aromatic N) is 5. The molecule has 1 atom stereocenters. The van der Waals surface area contributed by atoms with Gasteiger partial charge in [-0.25, -0.2) is 27.4 Å². The molecule has 15 nitrogen and oxygen atoms in total. The number of hydrazine groups is 1. The van der Waals surface area contributed by atoms with Gasteiger partial charge in [0.15, 0.2) is 5.69 Å². The molecule has 0 radical (unpaired) electrons. The lowest BCUT2D eigenvalue weighted by molar-refractivity contribution is -0.728. The van der Waals surface area contributed by atoms with Gasteiger partial charge in [-0.15, -0.1) is 5.01 Å². The molecule has 1 unspecified atom stereocenters. The molecule has 19 heteroatoms. The van der Waals surface area contributed by atoms with E-state index in [-0.39, 0.29) is 40.9 Å². The molecule has 1 N–H and O–H groups in total. The number of nitrogens with one attached hydrogen (secondary N) is 1. The van der Waals surface area contributed by atoms with Gasteiger partial charge in [-0.05, 0) is 44.2 Å². The van der Waals surface area contributed by atoms with E-state index in [9.17, 15) is 36.4 Å². The van der Waals surface area contributed by atoms with Crippen molar-refractivity contribution in [2.45, 2.75) is 44.2 Å². The number of hydrogen-bond donors (Lipinski definition) is 1. The summed E-state index contributed by atoms with van der Waals surface area (Å²) in [5.74, 6) is 0. The molecule has 1 aliphatic heterocycles. The molecule has 1 saturated heterocycles. The minimum atomic E-state index is -4.72. The fourth-order valence-electron chi connectivity index (χ4n) is 3.86. The molecule has 3 aromatic rings. The second-order valence-corrected chi connectivity index (χ2v) is 11.2. The van der Waals surface area contributed by atoms with E-state index in [1.54, 1.807) is 35.9 Å². The van der Waals surface area contributed by atoms with Gasteiger partial charge in [-0.3, -0.25) is 4.84 Å². The summed E-state index contributed by atoms with van der Waals surface area (Å²) >= 11 is 0. The van der Waals surface area contributed by atoms with Crippen LogP contribution in [0.1, 0.15) is 25.1 Å². The second kappa shape index (κ2) is 13.3. The summed E-state index contributed by atoms with van der Waals surface area (Å²) in [5.41, 5.74) is 0.490. The fraction of sp³-hybridized carbons (Fsp3) is 0.346. The van der Waals surface area contributed by atoms with E-state index in [0.717, 1.165) is 33.5 Å². The number of hydrogen-bond acceptors (Lipinski definition) is 11. The Kier molecular flexibility index (Phi) is 9.69. The first-order valence-electron chi connectivity index (χ1n) is 13.2. The smallest absolute Gasteiger partial charge is 0.511 e. The Hall–Kier alpha value is -5.07. The highest BCUT2D eigenvalue weighted by Crippen LogP contribution is 2.33. The van der Waals surface area contributed by atoms with Gasteiger partial charge < -0.3 is 19.4 Å². The summed E-state index contributed by atoms with van der Waals surface area (Å²) in [4.78, 5) is 27.8.